The third-order valence-corrected chi connectivity index (χ3v) is 3.25. The summed E-state index contributed by atoms with van der Waals surface area (Å²) in [6.07, 6.45) is 1.08. The SMILES string of the molecule is NS(=O)(=O)c1cnc2nc(Cl)c(Cl)nc2c1. The van der Waals surface area contributed by atoms with E-state index in [9.17, 15) is 8.42 Å². The van der Waals surface area contributed by atoms with Crippen molar-refractivity contribution in [2.24, 2.45) is 5.14 Å². The summed E-state index contributed by atoms with van der Waals surface area (Å²) in [7, 11) is -3.82. The standard InChI is InChI=1S/C7H4Cl2N4O2S/c8-5-6(9)13-7-4(12-5)1-3(2-11-7)16(10,14)15/h1-2H,(H2,10,14,15). The van der Waals surface area contributed by atoms with Crippen LogP contribution in [0.15, 0.2) is 17.2 Å². The van der Waals surface area contributed by atoms with Gasteiger partial charge in [-0.1, -0.05) is 23.2 Å². The zero-order valence-corrected chi connectivity index (χ0v) is 9.88. The van der Waals surface area contributed by atoms with Gasteiger partial charge < -0.3 is 0 Å². The first-order valence-corrected chi connectivity index (χ1v) is 6.20. The van der Waals surface area contributed by atoms with Crippen LogP contribution in [0, 0.1) is 0 Å². The molecule has 0 aromatic carbocycles. The van der Waals surface area contributed by atoms with E-state index in [1.54, 1.807) is 0 Å². The van der Waals surface area contributed by atoms with Crippen molar-refractivity contribution in [1.82, 2.24) is 15.0 Å². The Morgan fingerprint density at radius 3 is 2.44 bits per heavy atom. The molecule has 0 aliphatic carbocycles. The molecule has 0 amide bonds. The zero-order valence-electron chi connectivity index (χ0n) is 7.55. The molecule has 0 bridgehead atoms. The second-order valence-electron chi connectivity index (χ2n) is 2.86. The van der Waals surface area contributed by atoms with Gasteiger partial charge in [0.15, 0.2) is 16.0 Å². The Bertz CT molecular complexity index is 673. The number of pyridine rings is 1. The van der Waals surface area contributed by atoms with Gasteiger partial charge in [-0.3, -0.25) is 0 Å². The molecule has 0 spiro atoms. The maximum absolute atomic E-state index is 11.1. The van der Waals surface area contributed by atoms with Crippen LogP contribution in [0.5, 0.6) is 0 Å². The van der Waals surface area contributed by atoms with Crippen molar-refractivity contribution in [1.29, 1.82) is 0 Å². The number of hydrogen-bond donors (Lipinski definition) is 1. The predicted octanol–water partition coefficient (Wildman–Crippen LogP) is 0.979. The third kappa shape index (κ3) is 2.07. The minimum atomic E-state index is -3.82. The van der Waals surface area contributed by atoms with Crippen molar-refractivity contribution in [2.75, 3.05) is 0 Å². The van der Waals surface area contributed by atoms with Crippen molar-refractivity contribution in [3.8, 4) is 0 Å². The Labute approximate surface area is 100 Å². The molecule has 0 aliphatic rings. The molecule has 2 rings (SSSR count). The Morgan fingerprint density at radius 1 is 1.19 bits per heavy atom. The van der Waals surface area contributed by atoms with Gasteiger partial charge in [-0.25, -0.2) is 28.5 Å². The molecule has 0 radical (unpaired) electrons. The molecule has 2 heterocycles. The minimum Gasteiger partial charge on any atom is -0.234 e. The molecule has 2 N–H and O–H groups in total. The van der Waals surface area contributed by atoms with Crippen LogP contribution in [-0.4, -0.2) is 23.4 Å². The summed E-state index contributed by atoms with van der Waals surface area (Å²) < 4.78 is 22.1. The molecule has 0 saturated heterocycles. The summed E-state index contributed by atoms with van der Waals surface area (Å²) >= 11 is 11.3. The minimum absolute atomic E-state index is 0.00465. The van der Waals surface area contributed by atoms with Crippen molar-refractivity contribution in [2.45, 2.75) is 4.90 Å². The first-order chi connectivity index (χ1) is 7.38. The van der Waals surface area contributed by atoms with Crippen LogP contribution >= 0.6 is 23.2 Å². The molecule has 6 nitrogen and oxygen atoms in total. The highest BCUT2D eigenvalue weighted by atomic mass is 35.5. The van der Waals surface area contributed by atoms with Crippen LogP contribution in [0.1, 0.15) is 0 Å². The lowest BCUT2D eigenvalue weighted by Gasteiger charge is -2.01. The number of nitrogens with two attached hydrogens (primary N) is 1. The van der Waals surface area contributed by atoms with E-state index in [-0.39, 0.29) is 26.4 Å². The fraction of sp³-hybridized carbons (Fsp3) is 0. The predicted molar refractivity (Wildman–Crippen MR) is 58.7 cm³/mol. The Hall–Kier alpha value is -1.02. The van der Waals surface area contributed by atoms with Crippen LogP contribution < -0.4 is 5.14 Å². The summed E-state index contributed by atoms with van der Waals surface area (Å²) in [5.74, 6) is 0. The number of sulfonamides is 1. The van der Waals surface area contributed by atoms with Gasteiger partial charge in [0.1, 0.15) is 10.4 Å². The van der Waals surface area contributed by atoms with Crippen molar-refractivity contribution < 1.29 is 8.42 Å². The smallest absolute Gasteiger partial charge is 0.234 e. The van der Waals surface area contributed by atoms with Gasteiger partial charge in [0.25, 0.3) is 0 Å². The molecule has 0 aliphatic heterocycles. The van der Waals surface area contributed by atoms with Crippen molar-refractivity contribution in [3.05, 3.63) is 22.6 Å². The molecule has 0 fully saturated rings. The number of primary sulfonamides is 1. The Balaban J connectivity index is 2.77. The van der Waals surface area contributed by atoms with Crippen molar-refractivity contribution in [3.63, 3.8) is 0 Å². The van der Waals surface area contributed by atoms with E-state index in [1.807, 2.05) is 0 Å². The molecule has 0 unspecified atom stereocenters. The molecule has 84 valence electrons. The number of aromatic nitrogens is 3. The maximum Gasteiger partial charge on any atom is 0.239 e. The molecule has 2 aromatic rings. The second kappa shape index (κ2) is 3.77. The number of halogens is 2. The molecular formula is C7H4Cl2N4O2S. The zero-order chi connectivity index (χ0) is 11.9. The Kier molecular flexibility index (Phi) is 2.70. The summed E-state index contributed by atoms with van der Waals surface area (Å²) in [5.41, 5.74) is 0.405. The molecule has 0 atom stereocenters. The molecule has 9 heteroatoms. The third-order valence-electron chi connectivity index (χ3n) is 1.74. The van der Waals surface area contributed by atoms with Crippen molar-refractivity contribution >= 4 is 44.4 Å². The van der Waals surface area contributed by atoms with Gasteiger partial charge in [0.05, 0.1) is 0 Å². The van der Waals surface area contributed by atoms with Gasteiger partial charge in [-0.2, -0.15) is 0 Å². The van der Waals surface area contributed by atoms with Crippen LogP contribution in [0.3, 0.4) is 0 Å². The highest BCUT2D eigenvalue weighted by Crippen LogP contribution is 2.21. The first-order valence-electron chi connectivity index (χ1n) is 3.89. The highest BCUT2D eigenvalue weighted by molar-refractivity contribution is 7.89. The molecule has 2 aromatic heterocycles. The van der Waals surface area contributed by atoms with Crippen LogP contribution in [-0.2, 0) is 10.0 Å². The number of fused-ring (bicyclic) bond motifs is 1. The van der Waals surface area contributed by atoms with E-state index in [0.29, 0.717) is 0 Å². The van der Waals surface area contributed by atoms with Gasteiger partial charge in [-0.15, -0.1) is 0 Å². The van der Waals surface area contributed by atoms with Gasteiger partial charge >= 0.3 is 0 Å². The summed E-state index contributed by atoms with van der Waals surface area (Å²) in [6.45, 7) is 0. The topological polar surface area (TPSA) is 98.8 Å². The lowest BCUT2D eigenvalue weighted by molar-refractivity contribution is 0.597. The van der Waals surface area contributed by atoms with E-state index < -0.39 is 10.0 Å². The van der Waals surface area contributed by atoms with Crippen LogP contribution in [0.4, 0.5) is 0 Å². The lowest BCUT2D eigenvalue weighted by Crippen LogP contribution is -2.12. The fourth-order valence-electron chi connectivity index (χ4n) is 1.04. The summed E-state index contributed by atoms with van der Waals surface area (Å²) in [5, 5.41) is 4.92. The lowest BCUT2D eigenvalue weighted by atomic mass is 10.4. The van der Waals surface area contributed by atoms with Gasteiger partial charge in [-0.05, 0) is 6.07 Å². The molecule has 16 heavy (non-hydrogen) atoms. The Morgan fingerprint density at radius 2 is 1.81 bits per heavy atom. The normalized spacial score (nSPS) is 11.9. The fourth-order valence-corrected chi connectivity index (χ4v) is 1.77. The van der Waals surface area contributed by atoms with Crippen LogP contribution in [0.25, 0.3) is 11.2 Å². The second-order valence-corrected chi connectivity index (χ2v) is 5.14. The average Bonchev–Trinajstić information content (AvgIpc) is 2.17. The van der Waals surface area contributed by atoms with Gasteiger partial charge in [0.2, 0.25) is 10.0 Å². The van der Waals surface area contributed by atoms with E-state index in [1.165, 1.54) is 6.07 Å². The molecular weight excluding hydrogens is 275 g/mol. The monoisotopic (exact) mass is 278 g/mol. The maximum atomic E-state index is 11.1. The highest BCUT2D eigenvalue weighted by Gasteiger charge is 2.12. The van der Waals surface area contributed by atoms with Crippen LogP contribution in [0.2, 0.25) is 10.3 Å². The van der Waals surface area contributed by atoms with E-state index in [0.717, 1.165) is 6.20 Å². The number of rotatable bonds is 1. The quantitative estimate of drug-likeness (QED) is 0.838. The molecule has 0 saturated carbocycles. The number of nitrogens with zero attached hydrogens (tertiary/aromatic N) is 3. The summed E-state index contributed by atoms with van der Waals surface area (Å²) in [6, 6.07) is 1.23. The first kappa shape index (κ1) is 11.5. The van der Waals surface area contributed by atoms with E-state index in [2.05, 4.69) is 15.0 Å². The largest absolute Gasteiger partial charge is 0.239 e. The summed E-state index contributed by atoms with van der Waals surface area (Å²) in [4.78, 5) is 11.3. The van der Waals surface area contributed by atoms with E-state index in [4.69, 9.17) is 28.3 Å². The average molecular weight is 279 g/mol. The number of hydrogen-bond acceptors (Lipinski definition) is 5. The van der Waals surface area contributed by atoms with Gasteiger partial charge in [0, 0.05) is 6.20 Å². The van der Waals surface area contributed by atoms with E-state index >= 15 is 0 Å².